The van der Waals surface area contributed by atoms with Crippen molar-refractivity contribution in [3.05, 3.63) is 188 Å². The molecule has 12 rings (SSSR count). The molecule has 10 aromatic rings. The first-order chi connectivity index (χ1) is 31.5. The molecule has 0 spiro atoms. The van der Waals surface area contributed by atoms with Crippen molar-refractivity contribution in [2.45, 2.75) is 57.1 Å². The van der Waals surface area contributed by atoms with Gasteiger partial charge in [0, 0.05) is 49.1 Å². The zero-order chi connectivity index (χ0) is 44.4. The second-order valence-corrected chi connectivity index (χ2v) is 29.6. The van der Waals surface area contributed by atoms with Crippen LogP contribution in [0.4, 0.5) is 34.1 Å². The van der Waals surface area contributed by atoms with Gasteiger partial charge in [-0.1, -0.05) is 173 Å². The molecule has 2 nitrogen and oxygen atoms in total. The molecule has 0 N–H and O–H groups in total. The van der Waals surface area contributed by atoms with Crippen LogP contribution < -0.4 is 30.5 Å². The van der Waals surface area contributed by atoms with E-state index in [2.05, 4.69) is 239 Å². The van der Waals surface area contributed by atoms with Crippen LogP contribution in [0.15, 0.2) is 187 Å². The Balaban J connectivity index is 1.17. The fourth-order valence-corrected chi connectivity index (χ4v) is 19.6. The second-order valence-electron chi connectivity index (χ2n) is 19.4. The number of anilines is 6. The number of rotatable bonds is 8. The van der Waals surface area contributed by atoms with E-state index in [4.69, 9.17) is 0 Å². The summed E-state index contributed by atoms with van der Waals surface area (Å²) in [5, 5.41) is 14.3. The Morgan fingerprint density at radius 1 is 0.400 bits per heavy atom. The summed E-state index contributed by atoms with van der Waals surface area (Å²) in [6.45, 7) is 17.1. The van der Waals surface area contributed by atoms with Gasteiger partial charge in [-0.05, 0) is 120 Å². The standard InChI is InChI=1S/C60H52N2SSi2/c1-38(2)63-54-37-53(62(41-22-12-9-13-23-41)51-29-19-27-46-44-25-15-17-31-56(44)65(6,7)60(46)51)48-33-32-42-39(3)36-52(47-34-35-49(54)58(48)57(42)47)61(40-20-10-8-11-21-40)50-28-18-26-45-43-24-14-16-30-55(43)64(4,5)59(45)50/h8-38H,1-7H3. The first-order valence-corrected chi connectivity index (χ1v) is 30.0. The van der Waals surface area contributed by atoms with Crippen LogP contribution in [0.3, 0.4) is 0 Å². The highest BCUT2D eigenvalue weighted by molar-refractivity contribution is 8.00. The van der Waals surface area contributed by atoms with E-state index in [0.717, 1.165) is 0 Å². The summed E-state index contributed by atoms with van der Waals surface area (Å²) in [6, 6.07) is 69.3. The third-order valence-electron chi connectivity index (χ3n) is 14.5. The lowest BCUT2D eigenvalue weighted by Crippen LogP contribution is -2.50. The number of hydrogen-bond acceptors (Lipinski definition) is 3. The summed E-state index contributed by atoms with van der Waals surface area (Å²) in [5.41, 5.74) is 14.2. The van der Waals surface area contributed by atoms with E-state index < -0.39 is 16.1 Å². The maximum Gasteiger partial charge on any atom is 0.116 e. The van der Waals surface area contributed by atoms with E-state index in [9.17, 15) is 0 Å². The van der Waals surface area contributed by atoms with Crippen LogP contribution in [0.2, 0.25) is 26.2 Å². The number of hydrogen-bond donors (Lipinski definition) is 0. The van der Waals surface area contributed by atoms with Gasteiger partial charge >= 0.3 is 0 Å². The number of para-hydroxylation sites is 2. The molecule has 0 amide bonds. The van der Waals surface area contributed by atoms with Gasteiger partial charge < -0.3 is 9.80 Å². The molecule has 0 unspecified atom stereocenters. The topological polar surface area (TPSA) is 6.48 Å². The minimum Gasteiger partial charge on any atom is -0.310 e. The van der Waals surface area contributed by atoms with E-state index in [-0.39, 0.29) is 0 Å². The van der Waals surface area contributed by atoms with Crippen LogP contribution >= 0.6 is 11.8 Å². The van der Waals surface area contributed by atoms with E-state index in [1.807, 2.05) is 11.8 Å². The van der Waals surface area contributed by atoms with Gasteiger partial charge in [-0.25, -0.2) is 0 Å². The van der Waals surface area contributed by atoms with Crippen molar-refractivity contribution in [2.75, 3.05) is 9.80 Å². The van der Waals surface area contributed by atoms with Gasteiger partial charge in [0.25, 0.3) is 0 Å². The summed E-state index contributed by atoms with van der Waals surface area (Å²) >= 11 is 1.98. The molecular weight excluding hydrogens is 837 g/mol. The number of fused-ring (bicyclic) bond motifs is 6. The van der Waals surface area contributed by atoms with Gasteiger partial charge in [0.15, 0.2) is 0 Å². The lowest BCUT2D eigenvalue weighted by molar-refractivity contribution is 1.11. The fraction of sp³-hybridized carbons (Fsp3) is 0.133. The van der Waals surface area contributed by atoms with Crippen LogP contribution in [-0.2, 0) is 0 Å². The maximum absolute atomic E-state index is 2.61. The van der Waals surface area contributed by atoms with Gasteiger partial charge in [-0.15, -0.1) is 11.8 Å². The van der Waals surface area contributed by atoms with Crippen LogP contribution in [0.25, 0.3) is 54.6 Å². The molecule has 0 aromatic heterocycles. The molecule has 65 heavy (non-hydrogen) atoms. The highest BCUT2D eigenvalue weighted by Gasteiger charge is 2.42. The third kappa shape index (κ3) is 5.91. The predicted molar refractivity (Wildman–Crippen MR) is 290 cm³/mol. The number of benzene rings is 10. The number of nitrogens with zero attached hydrogens (tertiary/aromatic N) is 2. The molecule has 0 aliphatic carbocycles. The summed E-state index contributed by atoms with van der Waals surface area (Å²) in [7, 11) is -4.20. The molecule has 2 heterocycles. The normalized spacial score (nSPS) is 14.2. The Kier molecular flexibility index (Phi) is 9.16. The molecule has 5 heteroatoms. The molecule has 0 fully saturated rings. The Bertz CT molecular complexity index is 3520. The van der Waals surface area contributed by atoms with Crippen LogP contribution in [0, 0.1) is 6.92 Å². The van der Waals surface area contributed by atoms with Crippen molar-refractivity contribution in [2.24, 2.45) is 0 Å². The summed E-state index contributed by atoms with van der Waals surface area (Å²) in [4.78, 5) is 6.52. The zero-order valence-corrected chi connectivity index (χ0v) is 41.0. The average Bonchev–Trinajstić information content (AvgIpc) is 3.70. The quantitative estimate of drug-likeness (QED) is 0.0853. The Hall–Kier alpha value is -6.38. The average molecular weight is 889 g/mol. The highest BCUT2D eigenvalue weighted by atomic mass is 32.2. The van der Waals surface area contributed by atoms with Gasteiger partial charge in [-0.3, -0.25) is 0 Å². The Morgan fingerprint density at radius 3 is 1.32 bits per heavy atom. The largest absolute Gasteiger partial charge is 0.310 e. The van der Waals surface area contributed by atoms with Crippen LogP contribution in [0.5, 0.6) is 0 Å². The molecule has 0 atom stereocenters. The Labute approximate surface area is 389 Å². The monoisotopic (exact) mass is 888 g/mol. The van der Waals surface area contributed by atoms with Crippen molar-refractivity contribution < 1.29 is 0 Å². The van der Waals surface area contributed by atoms with Gasteiger partial charge in [0.05, 0.1) is 11.4 Å². The zero-order valence-electron chi connectivity index (χ0n) is 38.2. The smallest absolute Gasteiger partial charge is 0.116 e. The van der Waals surface area contributed by atoms with Crippen LogP contribution in [-0.4, -0.2) is 21.4 Å². The van der Waals surface area contributed by atoms with E-state index in [0.29, 0.717) is 5.25 Å². The molecule has 316 valence electrons. The Morgan fingerprint density at radius 2 is 0.815 bits per heavy atom. The first kappa shape index (κ1) is 40.2. The third-order valence-corrected chi connectivity index (χ3v) is 22.7. The van der Waals surface area contributed by atoms with Gasteiger partial charge in [-0.2, -0.15) is 0 Å². The van der Waals surface area contributed by atoms with Crippen molar-refractivity contribution in [1.29, 1.82) is 0 Å². The summed E-state index contributed by atoms with van der Waals surface area (Å²) in [5.74, 6) is 0. The maximum atomic E-state index is 2.61. The van der Waals surface area contributed by atoms with Gasteiger partial charge in [0.2, 0.25) is 0 Å². The lowest BCUT2D eigenvalue weighted by Gasteiger charge is -2.34. The molecule has 0 bridgehead atoms. The second kappa shape index (κ2) is 14.8. The molecule has 2 aliphatic heterocycles. The van der Waals surface area contributed by atoms with Crippen molar-refractivity contribution in [1.82, 2.24) is 0 Å². The minimum absolute atomic E-state index is 0.399. The molecule has 2 aliphatic rings. The van der Waals surface area contributed by atoms with E-state index in [1.54, 1.807) is 0 Å². The van der Waals surface area contributed by atoms with E-state index >= 15 is 0 Å². The minimum atomic E-state index is -2.11. The number of thioether (sulfide) groups is 1. The lowest BCUT2D eigenvalue weighted by atomic mass is 9.89. The first-order valence-electron chi connectivity index (χ1n) is 23.1. The molecule has 0 saturated carbocycles. The fourth-order valence-electron chi connectivity index (χ4n) is 11.8. The highest BCUT2D eigenvalue weighted by Crippen LogP contribution is 2.52. The predicted octanol–water partition coefficient (Wildman–Crippen LogP) is 14.9. The molecule has 10 aromatic carbocycles. The summed E-state index contributed by atoms with van der Waals surface area (Å²) in [6.07, 6.45) is 0. The summed E-state index contributed by atoms with van der Waals surface area (Å²) < 4.78 is 0. The molecule has 0 saturated heterocycles. The number of aryl methyl sites for hydroxylation is 1. The van der Waals surface area contributed by atoms with Gasteiger partial charge in [0.1, 0.15) is 16.1 Å². The molecule has 0 radical (unpaired) electrons. The van der Waals surface area contributed by atoms with E-state index in [1.165, 1.54) is 120 Å². The van der Waals surface area contributed by atoms with Crippen LogP contribution in [0.1, 0.15) is 19.4 Å². The SMILES string of the molecule is Cc1cc(N(c2ccccc2)c2cccc3c2[Si](C)(C)c2ccccc2-3)c2ccc3c(SC(C)C)cc(N(c4ccccc4)c4cccc5c4[Si](C)(C)c4ccccc4-5)c4ccc1c2c34. The van der Waals surface area contributed by atoms with Crippen molar-refractivity contribution in [3.8, 4) is 22.3 Å². The van der Waals surface area contributed by atoms with Crippen molar-refractivity contribution in [3.63, 3.8) is 0 Å². The molecular formula is C60H52N2SSi2. The van der Waals surface area contributed by atoms with Crippen molar-refractivity contribution >= 4 is 115 Å².